The number of carbonyl (C=O) groups excluding carboxylic acids is 1. The second-order valence-electron chi connectivity index (χ2n) is 4.49. The van der Waals surface area contributed by atoms with E-state index in [1.54, 1.807) is 6.33 Å². The Balaban J connectivity index is 1.97. The number of anilines is 2. The zero-order chi connectivity index (χ0) is 13.9. The van der Waals surface area contributed by atoms with Crippen molar-refractivity contribution in [1.82, 2.24) is 9.97 Å². The summed E-state index contributed by atoms with van der Waals surface area (Å²) in [7, 11) is 0. The minimum atomic E-state index is -0.0725. The second-order valence-corrected chi connectivity index (χ2v) is 5.05. The maximum atomic E-state index is 11.4. The average molecular weight is 333 g/mol. The summed E-state index contributed by atoms with van der Waals surface area (Å²) >= 11 is 3.14. The predicted octanol–water partition coefficient (Wildman–Crippen LogP) is 2.44. The van der Waals surface area contributed by atoms with E-state index >= 15 is 0 Å². The standard InChI is InChI=1S/C14H13BrN4O/c15-7-12(20)19-10-3-1-2-9(6-10)13-11-4-5-16-14(11)18-8-17-13/h1-3,6,8H,4-5,7H2,(H,19,20)(H,16,17,18). The minimum Gasteiger partial charge on any atom is -0.369 e. The van der Waals surface area contributed by atoms with Crippen molar-refractivity contribution in [2.45, 2.75) is 6.42 Å². The van der Waals surface area contributed by atoms with Crippen molar-refractivity contribution in [3.8, 4) is 11.3 Å². The van der Waals surface area contributed by atoms with E-state index in [9.17, 15) is 4.79 Å². The van der Waals surface area contributed by atoms with Gasteiger partial charge in [-0.3, -0.25) is 4.79 Å². The molecule has 0 unspecified atom stereocenters. The third-order valence-corrected chi connectivity index (χ3v) is 3.66. The molecule has 1 amide bonds. The van der Waals surface area contributed by atoms with E-state index in [1.807, 2.05) is 24.3 Å². The van der Waals surface area contributed by atoms with Crippen LogP contribution in [0, 0.1) is 0 Å². The highest BCUT2D eigenvalue weighted by Gasteiger charge is 2.17. The first kappa shape index (κ1) is 13.1. The lowest BCUT2D eigenvalue weighted by Crippen LogP contribution is -2.12. The number of nitrogens with zero attached hydrogens (tertiary/aromatic N) is 2. The Labute approximate surface area is 125 Å². The number of fused-ring (bicyclic) bond motifs is 1. The quantitative estimate of drug-likeness (QED) is 0.847. The number of rotatable bonds is 3. The van der Waals surface area contributed by atoms with E-state index in [-0.39, 0.29) is 11.2 Å². The molecule has 1 aromatic heterocycles. The highest BCUT2D eigenvalue weighted by atomic mass is 79.9. The van der Waals surface area contributed by atoms with Crippen LogP contribution in [0.5, 0.6) is 0 Å². The zero-order valence-corrected chi connectivity index (χ0v) is 12.3. The van der Waals surface area contributed by atoms with Gasteiger partial charge >= 0.3 is 0 Å². The zero-order valence-electron chi connectivity index (χ0n) is 10.7. The van der Waals surface area contributed by atoms with Crippen LogP contribution in [0.15, 0.2) is 30.6 Å². The third-order valence-electron chi connectivity index (χ3n) is 3.15. The summed E-state index contributed by atoms with van der Waals surface area (Å²) in [5.41, 5.74) is 3.82. The summed E-state index contributed by atoms with van der Waals surface area (Å²) in [4.78, 5) is 20.0. The summed E-state index contributed by atoms with van der Waals surface area (Å²) in [6.07, 6.45) is 2.49. The Morgan fingerprint density at radius 1 is 1.40 bits per heavy atom. The van der Waals surface area contributed by atoms with Gasteiger partial charge in [0, 0.05) is 23.4 Å². The molecule has 2 N–H and O–H groups in total. The van der Waals surface area contributed by atoms with E-state index in [2.05, 4.69) is 36.5 Å². The summed E-state index contributed by atoms with van der Waals surface area (Å²) in [5.74, 6) is 0.835. The first-order valence-electron chi connectivity index (χ1n) is 6.32. The fraction of sp³-hybridized carbons (Fsp3) is 0.214. The van der Waals surface area contributed by atoms with Crippen LogP contribution in [0.3, 0.4) is 0 Å². The van der Waals surface area contributed by atoms with Crippen molar-refractivity contribution in [1.29, 1.82) is 0 Å². The van der Waals surface area contributed by atoms with Crippen LogP contribution >= 0.6 is 15.9 Å². The van der Waals surface area contributed by atoms with Gasteiger partial charge < -0.3 is 10.6 Å². The van der Waals surface area contributed by atoms with Gasteiger partial charge in [-0.2, -0.15) is 0 Å². The first-order valence-corrected chi connectivity index (χ1v) is 7.44. The van der Waals surface area contributed by atoms with E-state index < -0.39 is 0 Å². The predicted molar refractivity (Wildman–Crippen MR) is 82.1 cm³/mol. The molecule has 20 heavy (non-hydrogen) atoms. The fourth-order valence-electron chi connectivity index (χ4n) is 2.29. The average Bonchev–Trinajstić information content (AvgIpc) is 2.95. The van der Waals surface area contributed by atoms with Gasteiger partial charge in [-0.25, -0.2) is 9.97 Å². The summed E-state index contributed by atoms with van der Waals surface area (Å²) in [6, 6.07) is 7.70. The molecule has 0 radical (unpaired) electrons. The van der Waals surface area contributed by atoms with Crippen LogP contribution in [0.1, 0.15) is 5.56 Å². The molecule has 5 nitrogen and oxygen atoms in total. The summed E-state index contributed by atoms with van der Waals surface area (Å²) < 4.78 is 0. The van der Waals surface area contributed by atoms with Gasteiger partial charge in [-0.05, 0) is 18.6 Å². The van der Waals surface area contributed by atoms with Gasteiger partial charge in [0.05, 0.1) is 11.0 Å². The molecule has 0 aliphatic carbocycles. The van der Waals surface area contributed by atoms with Crippen LogP contribution in [0.4, 0.5) is 11.5 Å². The largest absolute Gasteiger partial charge is 0.369 e. The molecule has 3 rings (SSSR count). The lowest BCUT2D eigenvalue weighted by atomic mass is 10.0. The summed E-state index contributed by atoms with van der Waals surface area (Å²) in [5, 5.41) is 6.35. The lowest BCUT2D eigenvalue weighted by Gasteiger charge is -2.08. The van der Waals surface area contributed by atoms with Crippen molar-refractivity contribution in [3.63, 3.8) is 0 Å². The number of aromatic nitrogens is 2. The molecular formula is C14H13BrN4O. The minimum absolute atomic E-state index is 0.0725. The molecular weight excluding hydrogens is 320 g/mol. The van der Waals surface area contributed by atoms with Crippen LogP contribution in [-0.4, -0.2) is 27.7 Å². The molecule has 0 saturated heterocycles. The Bertz CT molecular complexity index is 659. The SMILES string of the molecule is O=C(CBr)Nc1cccc(-c2ncnc3c2CCN3)c1. The number of carbonyl (C=O) groups is 1. The maximum absolute atomic E-state index is 11.4. The molecule has 6 heteroatoms. The Hall–Kier alpha value is -1.95. The van der Waals surface area contributed by atoms with Gasteiger partial charge in [0.1, 0.15) is 12.1 Å². The molecule has 2 aromatic rings. The Kier molecular flexibility index (Phi) is 3.64. The van der Waals surface area contributed by atoms with E-state index in [0.29, 0.717) is 0 Å². The van der Waals surface area contributed by atoms with Crippen molar-refractivity contribution in [2.75, 3.05) is 22.5 Å². The first-order chi connectivity index (χ1) is 9.78. The summed E-state index contributed by atoms with van der Waals surface area (Å²) in [6.45, 7) is 0.890. The third kappa shape index (κ3) is 2.51. The van der Waals surface area contributed by atoms with Crippen LogP contribution in [-0.2, 0) is 11.2 Å². The molecule has 1 aromatic carbocycles. The lowest BCUT2D eigenvalue weighted by molar-refractivity contribution is -0.113. The van der Waals surface area contributed by atoms with Crippen molar-refractivity contribution < 1.29 is 4.79 Å². The second kappa shape index (κ2) is 5.58. The van der Waals surface area contributed by atoms with Crippen molar-refractivity contribution in [3.05, 3.63) is 36.2 Å². The van der Waals surface area contributed by atoms with Gasteiger partial charge in [-0.1, -0.05) is 28.1 Å². The van der Waals surface area contributed by atoms with E-state index in [1.165, 1.54) is 0 Å². The molecule has 1 aliphatic heterocycles. The molecule has 0 saturated carbocycles. The maximum Gasteiger partial charge on any atom is 0.235 e. The number of halogens is 1. The van der Waals surface area contributed by atoms with Crippen molar-refractivity contribution in [2.24, 2.45) is 0 Å². The van der Waals surface area contributed by atoms with Gasteiger partial charge in [0.2, 0.25) is 5.91 Å². The number of nitrogens with one attached hydrogen (secondary N) is 2. The van der Waals surface area contributed by atoms with Crippen LogP contribution < -0.4 is 10.6 Å². The number of benzene rings is 1. The molecule has 0 spiro atoms. The molecule has 2 heterocycles. The monoisotopic (exact) mass is 332 g/mol. The van der Waals surface area contributed by atoms with Crippen LogP contribution in [0.2, 0.25) is 0 Å². The van der Waals surface area contributed by atoms with Gasteiger partial charge in [0.25, 0.3) is 0 Å². The van der Waals surface area contributed by atoms with E-state index in [4.69, 9.17) is 0 Å². The van der Waals surface area contributed by atoms with Gasteiger partial charge in [-0.15, -0.1) is 0 Å². The molecule has 102 valence electrons. The number of hydrogen-bond acceptors (Lipinski definition) is 4. The number of amides is 1. The number of alkyl halides is 1. The molecule has 0 bridgehead atoms. The van der Waals surface area contributed by atoms with Crippen molar-refractivity contribution >= 4 is 33.3 Å². The van der Waals surface area contributed by atoms with E-state index in [0.717, 1.165) is 41.3 Å². The van der Waals surface area contributed by atoms with Gasteiger partial charge in [0.15, 0.2) is 0 Å². The Morgan fingerprint density at radius 3 is 3.15 bits per heavy atom. The fourth-order valence-corrected chi connectivity index (χ4v) is 2.43. The number of hydrogen-bond donors (Lipinski definition) is 2. The highest BCUT2D eigenvalue weighted by Crippen LogP contribution is 2.30. The highest BCUT2D eigenvalue weighted by molar-refractivity contribution is 9.09. The molecule has 1 aliphatic rings. The Morgan fingerprint density at radius 2 is 2.30 bits per heavy atom. The molecule has 0 atom stereocenters. The topological polar surface area (TPSA) is 66.9 Å². The smallest absolute Gasteiger partial charge is 0.235 e. The van der Waals surface area contributed by atoms with Crippen LogP contribution in [0.25, 0.3) is 11.3 Å². The normalized spacial score (nSPS) is 12.7. The molecule has 0 fully saturated rings.